The maximum Gasteiger partial charge on any atom is 0.353 e. The van der Waals surface area contributed by atoms with Gasteiger partial charge in [-0.05, 0) is 6.92 Å². The van der Waals surface area contributed by atoms with Crippen molar-refractivity contribution in [2.24, 2.45) is 16.8 Å². The highest BCUT2D eigenvalue weighted by Gasteiger charge is 2.60. The predicted molar refractivity (Wildman–Crippen MR) is 97.3 cm³/mol. The molecule has 0 bridgehead atoms. The van der Waals surface area contributed by atoms with Gasteiger partial charge in [-0.25, -0.2) is 4.79 Å². The predicted octanol–water partition coefficient (Wildman–Crippen LogP) is 0.660. The fraction of sp³-hybridized carbons (Fsp3) is 0.688. The van der Waals surface area contributed by atoms with Crippen LogP contribution in [0.5, 0.6) is 0 Å². The number of rotatable bonds is 4. The summed E-state index contributed by atoms with van der Waals surface area (Å²) >= 11 is 3.35. The number of β-lactam (4-membered cyclic amide) rings is 1. The smallest absolute Gasteiger partial charge is 0.353 e. The molecule has 4 heterocycles. The van der Waals surface area contributed by atoms with E-state index >= 15 is 0 Å². The molecule has 4 aliphatic rings. The van der Waals surface area contributed by atoms with Crippen molar-refractivity contribution in [2.45, 2.75) is 31.2 Å². The second-order valence-electron chi connectivity index (χ2n) is 6.93. The molecule has 9 heteroatoms. The largest absolute Gasteiger partial charge is 0.477 e. The maximum absolute atomic E-state index is 12.3. The van der Waals surface area contributed by atoms with Crippen molar-refractivity contribution in [1.29, 1.82) is 0 Å². The summed E-state index contributed by atoms with van der Waals surface area (Å²) in [6, 6.07) is -0.230. The van der Waals surface area contributed by atoms with E-state index in [9.17, 15) is 19.8 Å². The molecule has 0 radical (unpaired) electrons. The molecule has 4 aliphatic heterocycles. The summed E-state index contributed by atoms with van der Waals surface area (Å²) in [6.07, 6.45) is -0.757. The number of aliphatic hydroxyl groups is 1. The van der Waals surface area contributed by atoms with E-state index in [0.717, 1.165) is 35.5 Å². The molecule has 0 aromatic rings. The third-order valence-electron chi connectivity index (χ3n) is 5.29. The molecule has 25 heavy (non-hydrogen) atoms. The quantitative estimate of drug-likeness (QED) is 0.689. The van der Waals surface area contributed by atoms with E-state index in [4.69, 9.17) is 0 Å². The molecule has 0 saturated carbocycles. The second kappa shape index (κ2) is 6.21. The van der Waals surface area contributed by atoms with Crippen molar-refractivity contribution in [3.63, 3.8) is 0 Å². The molecule has 4 atom stereocenters. The highest BCUT2D eigenvalue weighted by molar-refractivity contribution is 8.14. The Labute approximate surface area is 154 Å². The standard InChI is InChI=1S/C16H21N3O4S2/c1-7-11-10(8(2)20)14(21)19(11)12(15(22)23)13(7)25-9-5-18(6-9)16-17-3-4-24-16/h7-11,20H,3-6H2,1-2H3,(H,22,23)/t7-,8?,10+,11-/m1/s1. The summed E-state index contributed by atoms with van der Waals surface area (Å²) in [4.78, 5) is 33.0. The number of aliphatic hydroxyl groups excluding tert-OH is 1. The SMILES string of the molecule is CC(O)[C@@H]1C(=O)N2C(C(=O)O)=C(SC3CN(C4=NCCS4)C3)[C@H](C)[C@H]12. The van der Waals surface area contributed by atoms with Crippen LogP contribution in [-0.4, -0.2) is 79.8 Å². The molecule has 0 aromatic heterocycles. The van der Waals surface area contributed by atoms with Crippen LogP contribution in [0.25, 0.3) is 0 Å². The lowest BCUT2D eigenvalue weighted by molar-refractivity contribution is -0.163. The van der Waals surface area contributed by atoms with E-state index in [-0.39, 0.29) is 23.6 Å². The van der Waals surface area contributed by atoms with Crippen LogP contribution >= 0.6 is 23.5 Å². The van der Waals surface area contributed by atoms with Gasteiger partial charge in [0.15, 0.2) is 5.17 Å². The number of hydrogen-bond acceptors (Lipinski definition) is 7. The summed E-state index contributed by atoms with van der Waals surface area (Å²) in [5.41, 5.74) is 0.121. The molecule has 1 unspecified atom stereocenters. The van der Waals surface area contributed by atoms with E-state index in [1.165, 1.54) is 4.90 Å². The first-order chi connectivity index (χ1) is 11.9. The van der Waals surface area contributed by atoms with Gasteiger partial charge in [-0.1, -0.05) is 18.7 Å². The third kappa shape index (κ3) is 2.59. The number of likely N-dealkylation sites (tertiary alicyclic amines) is 1. The Morgan fingerprint density at radius 2 is 2.16 bits per heavy atom. The summed E-state index contributed by atoms with van der Waals surface area (Å²) in [7, 11) is 0. The summed E-state index contributed by atoms with van der Waals surface area (Å²) < 4.78 is 0. The minimum absolute atomic E-state index is 0.0550. The number of thioether (sulfide) groups is 2. The molecule has 7 nitrogen and oxygen atoms in total. The molecule has 136 valence electrons. The molecular formula is C16H21N3O4S2. The van der Waals surface area contributed by atoms with Gasteiger partial charge in [-0.15, -0.1) is 11.8 Å². The van der Waals surface area contributed by atoms with E-state index < -0.39 is 18.0 Å². The van der Waals surface area contributed by atoms with E-state index in [2.05, 4.69) is 9.89 Å². The Morgan fingerprint density at radius 3 is 2.72 bits per heavy atom. The molecule has 4 rings (SSSR count). The van der Waals surface area contributed by atoms with Gasteiger partial charge in [0, 0.05) is 34.9 Å². The molecule has 1 amide bonds. The fourth-order valence-electron chi connectivity index (χ4n) is 4.04. The number of carboxylic acids is 1. The van der Waals surface area contributed by atoms with Gasteiger partial charge in [0.25, 0.3) is 0 Å². The van der Waals surface area contributed by atoms with Gasteiger partial charge in [0.05, 0.1) is 24.6 Å². The van der Waals surface area contributed by atoms with Gasteiger partial charge in [-0.2, -0.15) is 0 Å². The van der Waals surface area contributed by atoms with Gasteiger partial charge in [0.1, 0.15) is 5.70 Å². The number of fused-ring (bicyclic) bond motifs is 1. The number of carbonyl (C=O) groups is 2. The molecule has 2 fully saturated rings. The number of aliphatic carboxylic acids is 1. The van der Waals surface area contributed by atoms with Gasteiger partial charge in [-0.3, -0.25) is 9.79 Å². The van der Waals surface area contributed by atoms with Crippen molar-refractivity contribution < 1.29 is 19.8 Å². The minimum Gasteiger partial charge on any atom is -0.477 e. The van der Waals surface area contributed by atoms with Crippen LogP contribution in [0.4, 0.5) is 0 Å². The normalized spacial score (nSPS) is 33.2. The van der Waals surface area contributed by atoms with Crippen LogP contribution in [0, 0.1) is 11.8 Å². The molecule has 0 aliphatic carbocycles. The van der Waals surface area contributed by atoms with E-state index in [0.29, 0.717) is 5.25 Å². The number of carbonyl (C=O) groups excluding carboxylic acids is 1. The lowest BCUT2D eigenvalue weighted by Crippen LogP contribution is -2.63. The Morgan fingerprint density at radius 1 is 1.44 bits per heavy atom. The Balaban J connectivity index is 1.49. The zero-order valence-electron chi connectivity index (χ0n) is 14.1. The van der Waals surface area contributed by atoms with Crippen LogP contribution in [-0.2, 0) is 9.59 Å². The van der Waals surface area contributed by atoms with Crippen LogP contribution in [0.3, 0.4) is 0 Å². The summed E-state index contributed by atoms with van der Waals surface area (Å²) in [5, 5.41) is 20.9. The molecule has 2 N–H and O–H groups in total. The lowest BCUT2D eigenvalue weighted by Gasteiger charge is -2.46. The molecule has 0 aromatic carbocycles. The monoisotopic (exact) mass is 383 g/mol. The number of carboxylic acid groups (broad SMARTS) is 1. The van der Waals surface area contributed by atoms with Crippen molar-refractivity contribution in [2.75, 3.05) is 25.4 Å². The fourth-order valence-corrected chi connectivity index (χ4v) is 6.44. The highest BCUT2D eigenvalue weighted by Crippen LogP contribution is 2.52. The minimum atomic E-state index is -1.05. The highest BCUT2D eigenvalue weighted by atomic mass is 32.2. The van der Waals surface area contributed by atoms with Gasteiger partial charge in [0.2, 0.25) is 5.91 Å². The summed E-state index contributed by atoms with van der Waals surface area (Å²) in [5.74, 6) is -0.841. The first-order valence-electron chi connectivity index (χ1n) is 8.47. The Hall–Kier alpha value is -1.19. The van der Waals surface area contributed by atoms with Crippen LogP contribution in [0.15, 0.2) is 15.6 Å². The van der Waals surface area contributed by atoms with Crippen molar-refractivity contribution in [3.05, 3.63) is 10.6 Å². The van der Waals surface area contributed by atoms with E-state index in [1.54, 1.807) is 30.4 Å². The van der Waals surface area contributed by atoms with Gasteiger partial charge >= 0.3 is 5.97 Å². The number of hydrogen-bond donors (Lipinski definition) is 2. The summed E-state index contributed by atoms with van der Waals surface area (Å²) in [6.45, 7) is 6.16. The second-order valence-corrected chi connectivity index (χ2v) is 9.33. The first-order valence-corrected chi connectivity index (χ1v) is 10.3. The Kier molecular flexibility index (Phi) is 4.28. The Bertz CT molecular complexity index is 687. The molecule has 0 spiro atoms. The topological polar surface area (TPSA) is 93.4 Å². The third-order valence-corrected chi connectivity index (χ3v) is 7.78. The van der Waals surface area contributed by atoms with Crippen LogP contribution < -0.4 is 0 Å². The van der Waals surface area contributed by atoms with Crippen LogP contribution in [0.1, 0.15) is 13.8 Å². The average molecular weight is 383 g/mol. The van der Waals surface area contributed by atoms with E-state index in [1.807, 2.05) is 6.92 Å². The van der Waals surface area contributed by atoms with Crippen molar-refractivity contribution >= 4 is 40.6 Å². The number of amidine groups is 1. The molecular weight excluding hydrogens is 362 g/mol. The molecule has 2 saturated heterocycles. The average Bonchev–Trinajstić information content (AvgIpc) is 3.08. The number of nitrogens with zero attached hydrogens (tertiary/aromatic N) is 3. The first kappa shape index (κ1) is 17.2. The zero-order chi connectivity index (χ0) is 17.9. The van der Waals surface area contributed by atoms with Crippen molar-refractivity contribution in [3.8, 4) is 0 Å². The van der Waals surface area contributed by atoms with Crippen molar-refractivity contribution in [1.82, 2.24) is 9.80 Å². The zero-order valence-corrected chi connectivity index (χ0v) is 15.7. The number of aliphatic imine (C=N–C) groups is 1. The maximum atomic E-state index is 12.3. The lowest BCUT2D eigenvalue weighted by atomic mass is 9.79. The van der Waals surface area contributed by atoms with Gasteiger partial charge < -0.3 is 20.0 Å². The van der Waals surface area contributed by atoms with Crippen LogP contribution in [0.2, 0.25) is 0 Å². The number of amides is 1.